The van der Waals surface area contributed by atoms with Gasteiger partial charge in [0.25, 0.3) is 5.92 Å². The fraction of sp³-hybridized carbons (Fsp3) is 0.368. The van der Waals surface area contributed by atoms with Crippen LogP contribution in [0.3, 0.4) is 0 Å². The van der Waals surface area contributed by atoms with E-state index in [2.05, 4.69) is 4.98 Å². The molecule has 0 aliphatic carbocycles. The summed E-state index contributed by atoms with van der Waals surface area (Å²) < 4.78 is 32.7. The molecule has 0 radical (unpaired) electrons. The van der Waals surface area contributed by atoms with Gasteiger partial charge in [-0.1, -0.05) is 23.5 Å². The molecule has 0 N–H and O–H groups in total. The average Bonchev–Trinajstić information content (AvgIpc) is 3.21. The first-order chi connectivity index (χ1) is 12.9. The van der Waals surface area contributed by atoms with Crippen molar-refractivity contribution in [3.05, 3.63) is 40.8 Å². The summed E-state index contributed by atoms with van der Waals surface area (Å²) >= 11 is 2.83. The van der Waals surface area contributed by atoms with Crippen LogP contribution in [0.2, 0.25) is 0 Å². The molecule has 1 saturated heterocycles. The number of rotatable bonds is 5. The van der Waals surface area contributed by atoms with Crippen LogP contribution in [0.15, 0.2) is 30.3 Å². The molecule has 4 nitrogen and oxygen atoms in total. The molecule has 0 spiro atoms. The Morgan fingerprint density at radius 3 is 2.56 bits per heavy atom. The van der Waals surface area contributed by atoms with Crippen LogP contribution in [0.5, 0.6) is 5.75 Å². The topological polar surface area (TPSA) is 42.4 Å². The standard InChI is InChI=1S/C19H18F2N2O2S2/c1-25-13-4-2-12(3-5-13)10-14(24)15-11-16-17(26-15)22-18(27-16)23-8-6-19(20,21)7-9-23/h2-5,11H,6-10H2,1H3. The van der Waals surface area contributed by atoms with Gasteiger partial charge in [0, 0.05) is 32.4 Å². The maximum atomic E-state index is 13.3. The number of Topliss-reactive ketones (excluding diaryl/α,β-unsaturated/α-hetero) is 1. The maximum absolute atomic E-state index is 13.3. The summed E-state index contributed by atoms with van der Waals surface area (Å²) in [6.07, 6.45) is 0.0590. The highest BCUT2D eigenvalue weighted by Crippen LogP contribution is 2.37. The normalized spacial score (nSPS) is 16.6. The predicted octanol–water partition coefficient (Wildman–Crippen LogP) is 5.03. The molecule has 0 saturated carbocycles. The first-order valence-corrected chi connectivity index (χ1v) is 10.3. The zero-order chi connectivity index (χ0) is 19.0. The minimum Gasteiger partial charge on any atom is -0.497 e. The summed E-state index contributed by atoms with van der Waals surface area (Å²) in [5, 5.41) is 0.765. The highest BCUT2D eigenvalue weighted by atomic mass is 32.1. The third kappa shape index (κ3) is 3.96. The molecule has 142 valence electrons. The number of ether oxygens (including phenoxy) is 1. The summed E-state index contributed by atoms with van der Waals surface area (Å²) in [5.74, 6) is -1.75. The van der Waals surface area contributed by atoms with Crippen molar-refractivity contribution in [3.8, 4) is 5.75 Å². The van der Waals surface area contributed by atoms with Crippen LogP contribution >= 0.6 is 22.7 Å². The molecule has 3 heterocycles. The van der Waals surface area contributed by atoms with E-state index < -0.39 is 5.92 Å². The zero-order valence-electron chi connectivity index (χ0n) is 14.7. The van der Waals surface area contributed by atoms with Crippen molar-refractivity contribution in [1.82, 2.24) is 4.98 Å². The lowest BCUT2D eigenvalue weighted by molar-refractivity contribution is -0.0220. The number of halogens is 2. The largest absolute Gasteiger partial charge is 0.497 e. The summed E-state index contributed by atoms with van der Waals surface area (Å²) in [6.45, 7) is 0.633. The number of carbonyl (C=O) groups excluding carboxylic acids is 1. The molecule has 1 aliphatic heterocycles. The Hall–Kier alpha value is -2.06. The van der Waals surface area contributed by atoms with Crippen molar-refractivity contribution < 1.29 is 18.3 Å². The molecule has 0 bridgehead atoms. The van der Waals surface area contributed by atoms with Gasteiger partial charge in [0.15, 0.2) is 10.9 Å². The molecule has 1 aromatic carbocycles. The molecule has 4 rings (SSSR count). The van der Waals surface area contributed by atoms with Gasteiger partial charge in [0.1, 0.15) is 10.6 Å². The molecule has 0 amide bonds. The first kappa shape index (κ1) is 18.3. The zero-order valence-corrected chi connectivity index (χ0v) is 16.3. The molecule has 8 heteroatoms. The predicted molar refractivity (Wildman–Crippen MR) is 105 cm³/mol. The number of carbonyl (C=O) groups is 1. The van der Waals surface area contributed by atoms with Crippen molar-refractivity contribution in [2.24, 2.45) is 0 Å². The van der Waals surface area contributed by atoms with Crippen molar-refractivity contribution in [2.75, 3.05) is 25.1 Å². The van der Waals surface area contributed by atoms with Gasteiger partial charge < -0.3 is 9.64 Å². The van der Waals surface area contributed by atoms with E-state index in [1.54, 1.807) is 7.11 Å². The summed E-state index contributed by atoms with van der Waals surface area (Å²) in [6, 6.07) is 9.31. The minimum absolute atomic E-state index is 0.0505. The van der Waals surface area contributed by atoms with E-state index in [1.165, 1.54) is 22.7 Å². The SMILES string of the molecule is COc1ccc(CC(=O)c2cc3sc(N4CCC(F)(F)CC4)nc3s2)cc1. The van der Waals surface area contributed by atoms with E-state index in [4.69, 9.17) is 4.74 Å². The average molecular weight is 408 g/mol. The van der Waals surface area contributed by atoms with Crippen LogP contribution in [-0.2, 0) is 6.42 Å². The molecule has 1 aliphatic rings. The third-order valence-corrected chi connectivity index (χ3v) is 6.90. The molecule has 27 heavy (non-hydrogen) atoms. The van der Waals surface area contributed by atoms with Crippen LogP contribution in [0.1, 0.15) is 28.1 Å². The van der Waals surface area contributed by atoms with E-state index >= 15 is 0 Å². The van der Waals surface area contributed by atoms with Gasteiger partial charge in [-0.25, -0.2) is 13.8 Å². The Bertz CT molecular complexity index is 924. The van der Waals surface area contributed by atoms with Gasteiger partial charge >= 0.3 is 0 Å². The number of thiazole rings is 1. The fourth-order valence-electron chi connectivity index (χ4n) is 3.04. The Kier molecular flexibility index (Phi) is 4.86. The van der Waals surface area contributed by atoms with E-state index in [9.17, 15) is 13.6 Å². The van der Waals surface area contributed by atoms with Crippen molar-refractivity contribution in [3.63, 3.8) is 0 Å². The number of ketones is 1. The Morgan fingerprint density at radius 1 is 1.22 bits per heavy atom. The molecule has 2 aromatic heterocycles. The monoisotopic (exact) mass is 408 g/mol. The first-order valence-electron chi connectivity index (χ1n) is 8.63. The Morgan fingerprint density at radius 2 is 1.93 bits per heavy atom. The number of aromatic nitrogens is 1. The fourth-order valence-corrected chi connectivity index (χ4v) is 5.24. The van der Waals surface area contributed by atoms with E-state index in [0.717, 1.165) is 26.0 Å². The van der Waals surface area contributed by atoms with Crippen LogP contribution in [0.25, 0.3) is 9.53 Å². The van der Waals surface area contributed by atoms with Gasteiger partial charge in [0.2, 0.25) is 0 Å². The maximum Gasteiger partial charge on any atom is 0.251 e. The lowest BCUT2D eigenvalue weighted by Gasteiger charge is -2.31. The van der Waals surface area contributed by atoms with Crippen molar-refractivity contribution in [2.45, 2.75) is 25.2 Å². The number of nitrogens with zero attached hydrogens (tertiary/aromatic N) is 2. The quantitative estimate of drug-likeness (QED) is 0.556. The lowest BCUT2D eigenvalue weighted by atomic mass is 10.1. The van der Waals surface area contributed by atoms with Crippen LogP contribution in [0.4, 0.5) is 13.9 Å². The van der Waals surface area contributed by atoms with Crippen LogP contribution < -0.4 is 9.64 Å². The molecular formula is C19H18F2N2O2S2. The number of piperidine rings is 1. The number of methoxy groups -OCH3 is 1. The number of alkyl halides is 2. The highest BCUT2D eigenvalue weighted by molar-refractivity contribution is 7.29. The van der Waals surface area contributed by atoms with Gasteiger partial charge in [0.05, 0.1) is 16.7 Å². The summed E-state index contributed by atoms with van der Waals surface area (Å²) in [7, 11) is 1.61. The molecule has 0 unspecified atom stereocenters. The summed E-state index contributed by atoms with van der Waals surface area (Å²) in [4.78, 5) is 20.5. The van der Waals surface area contributed by atoms with E-state index in [-0.39, 0.29) is 18.6 Å². The molecule has 0 atom stereocenters. The van der Waals surface area contributed by atoms with Crippen molar-refractivity contribution in [1.29, 1.82) is 0 Å². The Labute approximate surface area is 163 Å². The number of thiophene rings is 1. The Balaban J connectivity index is 1.46. The molecular weight excluding hydrogens is 390 g/mol. The van der Waals surface area contributed by atoms with Gasteiger partial charge in [-0.2, -0.15) is 0 Å². The second-order valence-corrected chi connectivity index (χ2v) is 8.61. The minimum atomic E-state index is -2.56. The van der Waals surface area contributed by atoms with Gasteiger partial charge in [-0.3, -0.25) is 4.79 Å². The van der Waals surface area contributed by atoms with E-state index in [1.807, 2.05) is 35.2 Å². The second-order valence-electron chi connectivity index (χ2n) is 6.57. The smallest absolute Gasteiger partial charge is 0.251 e. The number of benzene rings is 1. The summed E-state index contributed by atoms with van der Waals surface area (Å²) in [5.41, 5.74) is 0.931. The third-order valence-electron chi connectivity index (χ3n) is 4.64. The van der Waals surface area contributed by atoms with Crippen LogP contribution in [-0.4, -0.2) is 36.9 Å². The number of hydrogen-bond donors (Lipinski definition) is 0. The number of anilines is 1. The molecule has 3 aromatic rings. The number of hydrogen-bond acceptors (Lipinski definition) is 6. The van der Waals surface area contributed by atoms with Gasteiger partial charge in [-0.05, 0) is 23.8 Å². The molecule has 1 fully saturated rings. The second kappa shape index (κ2) is 7.16. The van der Waals surface area contributed by atoms with Crippen LogP contribution in [0, 0.1) is 0 Å². The highest BCUT2D eigenvalue weighted by Gasteiger charge is 2.35. The van der Waals surface area contributed by atoms with Gasteiger partial charge in [-0.15, -0.1) is 11.3 Å². The van der Waals surface area contributed by atoms with E-state index in [0.29, 0.717) is 24.4 Å². The lowest BCUT2D eigenvalue weighted by Crippen LogP contribution is -2.39. The van der Waals surface area contributed by atoms with Crippen molar-refractivity contribution >= 4 is 43.1 Å². The number of fused-ring (bicyclic) bond motifs is 1.